The predicted octanol–water partition coefficient (Wildman–Crippen LogP) is 1.63. The van der Waals surface area contributed by atoms with Crippen molar-refractivity contribution >= 4 is 5.97 Å². The van der Waals surface area contributed by atoms with Gasteiger partial charge in [-0.3, -0.25) is 4.79 Å². The number of carbonyl (C=O) groups excluding carboxylic acids is 1. The molecule has 18 heavy (non-hydrogen) atoms. The average Bonchev–Trinajstić information content (AvgIpc) is 2.43. The van der Waals surface area contributed by atoms with E-state index in [4.69, 9.17) is 15.7 Å². The minimum atomic E-state index is -0.367. The second-order valence-corrected chi connectivity index (χ2v) is 4.22. The highest BCUT2D eigenvalue weighted by Gasteiger charge is 2.25. The molecule has 1 aromatic rings. The second-order valence-electron chi connectivity index (χ2n) is 4.22. The topological polar surface area (TPSA) is 76.1 Å². The molecule has 0 amide bonds. The molecule has 0 aliphatic carbocycles. The number of esters is 1. The van der Waals surface area contributed by atoms with E-state index < -0.39 is 0 Å². The minimum absolute atomic E-state index is 0.233. The van der Waals surface area contributed by atoms with Crippen LogP contribution in [0, 0.1) is 17.2 Å². The summed E-state index contributed by atoms with van der Waals surface area (Å²) in [6, 6.07) is 9.05. The van der Waals surface area contributed by atoms with E-state index in [9.17, 15) is 4.79 Å². The van der Waals surface area contributed by atoms with Gasteiger partial charge in [0.2, 0.25) is 0 Å². The van der Waals surface area contributed by atoms with Crippen LogP contribution in [0.25, 0.3) is 0 Å². The molecule has 1 rings (SSSR count). The van der Waals surface area contributed by atoms with Crippen molar-refractivity contribution in [2.45, 2.75) is 25.8 Å². The molecular weight excluding hydrogens is 228 g/mol. The van der Waals surface area contributed by atoms with Gasteiger partial charge in [0.15, 0.2) is 0 Å². The highest BCUT2D eigenvalue weighted by Crippen LogP contribution is 2.16. The van der Waals surface area contributed by atoms with Gasteiger partial charge in [-0.2, -0.15) is 5.26 Å². The Morgan fingerprint density at radius 3 is 2.83 bits per heavy atom. The molecular formula is C14H18N2O2. The number of carbonyl (C=O) groups is 1. The number of nitriles is 1. The summed E-state index contributed by atoms with van der Waals surface area (Å²) >= 11 is 0. The number of rotatable bonds is 5. The fourth-order valence-electron chi connectivity index (χ4n) is 1.87. The monoisotopic (exact) mass is 246 g/mol. The molecule has 0 saturated carbocycles. The van der Waals surface area contributed by atoms with Crippen LogP contribution in [-0.4, -0.2) is 19.1 Å². The predicted molar refractivity (Wildman–Crippen MR) is 68.6 cm³/mol. The van der Waals surface area contributed by atoms with E-state index >= 15 is 0 Å². The molecule has 0 spiro atoms. The van der Waals surface area contributed by atoms with Crippen LogP contribution in [0.5, 0.6) is 0 Å². The number of ether oxygens (including phenoxy) is 1. The van der Waals surface area contributed by atoms with Gasteiger partial charge in [-0.25, -0.2) is 0 Å². The Labute approximate surface area is 107 Å². The van der Waals surface area contributed by atoms with Gasteiger partial charge < -0.3 is 10.5 Å². The maximum Gasteiger partial charge on any atom is 0.310 e. The van der Waals surface area contributed by atoms with Gasteiger partial charge >= 0.3 is 5.97 Å². The summed E-state index contributed by atoms with van der Waals surface area (Å²) in [5.74, 6) is -0.666. The first-order chi connectivity index (χ1) is 8.62. The van der Waals surface area contributed by atoms with E-state index in [1.54, 1.807) is 18.2 Å². The van der Waals surface area contributed by atoms with Crippen LogP contribution >= 0.6 is 0 Å². The first kappa shape index (κ1) is 14.2. The Morgan fingerprint density at radius 1 is 1.56 bits per heavy atom. The molecule has 2 atom stereocenters. The number of methoxy groups -OCH3 is 1. The van der Waals surface area contributed by atoms with E-state index in [2.05, 4.69) is 6.07 Å². The number of hydrogen-bond acceptors (Lipinski definition) is 4. The van der Waals surface area contributed by atoms with Crippen molar-refractivity contribution in [1.29, 1.82) is 5.26 Å². The molecule has 4 heteroatoms. The number of nitrogens with zero attached hydrogens (tertiary/aromatic N) is 1. The molecule has 2 unspecified atom stereocenters. The number of hydrogen-bond donors (Lipinski definition) is 1. The molecule has 0 bridgehead atoms. The smallest absolute Gasteiger partial charge is 0.310 e. The Hall–Kier alpha value is -1.86. The summed E-state index contributed by atoms with van der Waals surface area (Å²) in [6.45, 7) is 1.94. The summed E-state index contributed by atoms with van der Waals surface area (Å²) in [6.07, 6.45) is 1.20. The Kier molecular flexibility index (Phi) is 5.34. The van der Waals surface area contributed by atoms with Gasteiger partial charge in [-0.15, -0.1) is 0 Å². The molecule has 2 N–H and O–H groups in total. The Morgan fingerprint density at radius 2 is 2.28 bits per heavy atom. The molecule has 0 aliphatic heterocycles. The summed E-state index contributed by atoms with van der Waals surface area (Å²) in [7, 11) is 1.36. The second kappa shape index (κ2) is 6.77. The van der Waals surface area contributed by atoms with E-state index in [1.807, 2.05) is 13.0 Å². The molecule has 0 aliphatic rings. The number of nitrogens with two attached hydrogens (primary N) is 1. The van der Waals surface area contributed by atoms with Gasteiger partial charge in [0, 0.05) is 6.04 Å². The van der Waals surface area contributed by atoms with E-state index in [0.717, 1.165) is 5.56 Å². The van der Waals surface area contributed by atoms with Crippen LogP contribution in [0.4, 0.5) is 0 Å². The molecule has 1 aromatic carbocycles. The van der Waals surface area contributed by atoms with Crippen LogP contribution in [0.3, 0.4) is 0 Å². The standard InChI is InChI=1S/C14H18N2O2/c1-3-13(16)12(14(17)18-2)8-10-5-4-6-11(7-10)9-15/h4-7,12-13H,3,8,16H2,1-2H3. The summed E-state index contributed by atoms with van der Waals surface area (Å²) in [5, 5.41) is 8.84. The SMILES string of the molecule is CCC(N)C(Cc1cccc(C#N)c1)C(=O)OC. The summed E-state index contributed by atoms with van der Waals surface area (Å²) in [5.41, 5.74) is 7.46. The molecule has 4 nitrogen and oxygen atoms in total. The fraction of sp³-hybridized carbons (Fsp3) is 0.429. The van der Waals surface area contributed by atoms with Gasteiger partial charge in [0.1, 0.15) is 0 Å². The van der Waals surface area contributed by atoms with Crippen molar-refractivity contribution in [2.75, 3.05) is 7.11 Å². The van der Waals surface area contributed by atoms with E-state index in [0.29, 0.717) is 18.4 Å². The minimum Gasteiger partial charge on any atom is -0.469 e. The zero-order valence-electron chi connectivity index (χ0n) is 10.7. The van der Waals surface area contributed by atoms with Crippen molar-refractivity contribution < 1.29 is 9.53 Å². The molecule has 0 radical (unpaired) electrons. The van der Waals surface area contributed by atoms with Crippen LogP contribution in [-0.2, 0) is 16.0 Å². The molecule has 96 valence electrons. The lowest BCUT2D eigenvalue weighted by atomic mass is 9.90. The van der Waals surface area contributed by atoms with Gasteiger partial charge in [0.05, 0.1) is 24.7 Å². The maximum atomic E-state index is 11.7. The van der Waals surface area contributed by atoms with E-state index in [-0.39, 0.29) is 17.9 Å². The van der Waals surface area contributed by atoms with Crippen molar-refractivity contribution in [3.05, 3.63) is 35.4 Å². The highest BCUT2D eigenvalue weighted by atomic mass is 16.5. The normalized spacial score (nSPS) is 13.4. The van der Waals surface area contributed by atoms with Gasteiger partial charge in [0.25, 0.3) is 0 Å². The maximum absolute atomic E-state index is 11.7. The lowest BCUT2D eigenvalue weighted by molar-refractivity contribution is -0.146. The average molecular weight is 246 g/mol. The lowest BCUT2D eigenvalue weighted by Crippen LogP contribution is -2.37. The van der Waals surface area contributed by atoms with Crippen LogP contribution in [0.2, 0.25) is 0 Å². The van der Waals surface area contributed by atoms with Gasteiger partial charge in [-0.1, -0.05) is 19.1 Å². The first-order valence-corrected chi connectivity index (χ1v) is 5.94. The Bertz CT molecular complexity index is 451. The van der Waals surface area contributed by atoms with Gasteiger partial charge in [-0.05, 0) is 30.5 Å². The zero-order chi connectivity index (χ0) is 13.5. The third-order valence-corrected chi connectivity index (χ3v) is 3.00. The third-order valence-electron chi connectivity index (χ3n) is 3.00. The molecule has 0 fully saturated rings. The quantitative estimate of drug-likeness (QED) is 0.801. The molecule has 0 aromatic heterocycles. The van der Waals surface area contributed by atoms with Crippen LogP contribution in [0.1, 0.15) is 24.5 Å². The van der Waals surface area contributed by atoms with E-state index in [1.165, 1.54) is 7.11 Å². The molecule has 0 heterocycles. The van der Waals surface area contributed by atoms with Crippen molar-refractivity contribution in [3.8, 4) is 6.07 Å². The fourth-order valence-corrected chi connectivity index (χ4v) is 1.87. The summed E-state index contributed by atoms with van der Waals surface area (Å²) in [4.78, 5) is 11.7. The summed E-state index contributed by atoms with van der Waals surface area (Å²) < 4.78 is 4.78. The van der Waals surface area contributed by atoms with Crippen molar-refractivity contribution in [2.24, 2.45) is 11.7 Å². The van der Waals surface area contributed by atoms with Crippen molar-refractivity contribution in [3.63, 3.8) is 0 Å². The molecule has 0 saturated heterocycles. The lowest BCUT2D eigenvalue weighted by Gasteiger charge is -2.20. The highest BCUT2D eigenvalue weighted by molar-refractivity contribution is 5.73. The largest absolute Gasteiger partial charge is 0.469 e. The first-order valence-electron chi connectivity index (χ1n) is 5.94. The zero-order valence-corrected chi connectivity index (χ0v) is 10.7. The Balaban J connectivity index is 2.89. The number of benzene rings is 1. The third kappa shape index (κ3) is 3.57. The van der Waals surface area contributed by atoms with Crippen LogP contribution < -0.4 is 5.73 Å². The van der Waals surface area contributed by atoms with Crippen molar-refractivity contribution in [1.82, 2.24) is 0 Å². The van der Waals surface area contributed by atoms with Crippen LogP contribution in [0.15, 0.2) is 24.3 Å².